The molecule has 2 aromatic rings. The molecule has 2 N–H and O–H groups in total. The second-order valence-electron chi connectivity index (χ2n) is 5.48. The summed E-state index contributed by atoms with van der Waals surface area (Å²) in [5.74, 6) is -0.724. The van der Waals surface area contributed by atoms with Crippen molar-refractivity contribution in [3.63, 3.8) is 0 Å². The van der Waals surface area contributed by atoms with Crippen LogP contribution in [0.1, 0.15) is 40.9 Å². The number of halogens is 1. The number of nitrogens with two attached hydrogens (primary N) is 1. The van der Waals surface area contributed by atoms with Crippen LogP contribution in [0.5, 0.6) is 0 Å². The van der Waals surface area contributed by atoms with Gasteiger partial charge in [-0.25, -0.2) is 4.39 Å². The van der Waals surface area contributed by atoms with E-state index in [0.717, 1.165) is 4.88 Å². The van der Waals surface area contributed by atoms with E-state index in [0.29, 0.717) is 10.4 Å². The van der Waals surface area contributed by atoms with Gasteiger partial charge in [0.2, 0.25) is 5.78 Å². The molecule has 0 radical (unpaired) electrons. The first-order chi connectivity index (χ1) is 8.79. The lowest BCUT2D eigenvalue weighted by atomic mass is 9.95. The molecular weight excluding hydrogens is 261 g/mol. The van der Waals surface area contributed by atoms with Gasteiger partial charge in [-0.2, -0.15) is 0 Å². The molecule has 0 amide bonds. The molecular formula is C15H16FNOS. The van der Waals surface area contributed by atoms with Gasteiger partial charge in [0, 0.05) is 10.4 Å². The Morgan fingerprint density at radius 3 is 2.42 bits per heavy atom. The van der Waals surface area contributed by atoms with Gasteiger partial charge in [-0.1, -0.05) is 20.8 Å². The van der Waals surface area contributed by atoms with Crippen LogP contribution >= 0.6 is 11.3 Å². The van der Waals surface area contributed by atoms with Crippen LogP contribution in [0.2, 0.25) is 0 Å². The summed E-state index contributed by atoms with van der Waals surface area (Å²) in [5, 5.41) is 0. The van der Waals surface area contributed by atoms with Gasteiger partial charge in [0.25, 0.3) is 0 Å². The highest BCUT2D eigenvalue weighted by Crippen LogP contribution is 2.30. The van der Waals surface area contributed by atoms with E-state index in [9.17, 15) is 9.18 Å². The summed E-state index contributed by atoms with van der Waals surface area (Å²) in [6.07, 6.45) is 0. The van der Waals surface area contributed by atoms with Crippen molar-refractivity contribution in [2.75, 3.05) is 5.73 Å². The Morgan fingerprint density at radius 2 is 1.89 bits per heavy atom. The molecule has 0 unspecified atom stereocenters. The Balaban J connectivity index is 2.34. The molecule has 0 atom stereocenters. The third-order valence-electron chi connectivity index (χ3n) is 2.83. The molecule has 0 fully saturated rings. The van der Waals surface area contributed by atoms with Crippen LogP contribution in [-0.4, -0.2) is 5.78 Å². The third kappa shape index (κ3) is 2.84. The number of rotatable bonds is 2. The molecule has 2 rings (SSSR count). The lowest BCUT2D eigenvalue weighted by Gasteiger charge is -2.15. The van der Waals surface area contributed by atoms with Crippen molar-refractivity contribution in [3.8, 4) is 0 Å². The Morgan fingerprint density at radius 1 is 1.21 bits per heavy atom. The van der Waals surface area contributed by atoms with Gasteiger partial charge in [0.05, 0.1) is 10.6 Å². The highest BCUT2D eigenvalue weighted by molar-refractivity contribution is 7.14. The molecule has 0 bridgehead atoms. The van der Waals surface area contributed by atoms with E-state index in [4.69, 9.17) is 5.73 Å². The van der Waals surface area contributed by atoms with Gasteiger partial charge in [0.1, 0.15) is 5.82 Å². The summed E-state index contributed by atoms with van der Waals surface area (Å²) < 4.78 is 13.4. The highest BCUT2D eigenvalue weighted by atomic mass is 32.1. The quantitative estimate of drug-likeness (QED) is 0.666. The molecule has 1 aromatic heterocycles. The molecule has 19 heavy (non-hydrogen) atoms. The molecule has 0 aliphatic heterocycles. The summed E-state index contributed by atoms with van der Waals surface area (Å²) in [7, 11) is 0. The van der Waals surface area contributed by atoms with Gasteiger partial charge < -0.3 is 5.73 Å². The first kappa shape index (κ1) is 13.7. The Labute approximate surface area is 116 Å². The molecule has 0 aliphatic rings. The summed E-state index contributed by atoms with van der Waals surface area (Å²) in [4.78, 5) is 14.0. The zero-order chi connectivity index (χ0) is 14.2. The Hall–Kier alpha value is -1.68. The monoisotopic (exact) mass is 277 g/mol. The largest absolute Gasteiger partial charge is 0.396 e. The molecule has 1 heterocycles. The maximum atomic E-state index is 13.4. The summed E-state index contributed by atoms with van der Waals surface area (Å²) in [6, 6.07) is 7.90. The smallest absolute Gasteiger partial charge is 0.203 e. The summed E-state index contributed by atoms with van der Waals surface area (Å²) in [6.45, 7) is 6.28. The topological polar surface area (TPSA) is 43.1 Å². The predicted molar refractivity (Wildman–Crippen MR) is 77.3 cm³/mol. The van der Waals surface area contributed by atoms with Gasteiger partial charge in [-0.3, -0.25) is 4.79 Å². The third-order valence-corrected chi connectivity index (χ3v) is 4.34. The fraction of sp³-hybridized carbons (Fsp3) is 0.267. The van der Waals surface area contributed by atoms with E-state index in [1.165, 1.54) is 23.5 Å². The minimum atomic E-state index is -0.557. The number of anilines is 1. The molecule has 2 nitrogen and oxygen atoms in total. The number of benzene rings is 1. The van der Waals surface area contributed by atoms with Crippen molar-refractivity contribution in [2.45, 2.75) is 26.2 Å². The van der Waals surface area contributed by atoms with E-state index >= 15 is 0 Å². The maximum absolute atomic E-state index is 13.4. The average molecular weight is 277 g/mol. The molecule has 4 heteroatoms. The summed E-state index contributed by atoms with van der Waals surface area (Å²) >= 11 is 1.45. The van der Waals surface area contributed by atoms with Crippen LogP contribution in [0.3, 0.4) is 0 Å². The first-order valence-corrected chi connectivity index (χ1v) is 6.81. The number of carbonyl (C=O) groups is 1. The molecule has 0 saturated carbocycles. The Kier molecular flexibility index (Phi) is 3.45. The van der Waals surface area contributed by atoms with Gasteiger partial charge in [-0.15, -0.1) is 11.3 Å². The molecule has 0 spiro atoms. The van der Waals surface area contributed by atoms with Crippen molar-refractivity contribution < 1.29 is 9.18 Å². The average Bonchev–Trinajstić information content (AvgIpc) is 2.81. The van der Waals surface area contributed by atoms with Crippen LogP contribution in [0, 0.1) is 5.82 Å². The first-order valence-electron chi connectivity index (χ1n) is 5.99. The van der Waals surface area contributed by atoms with E-state index < -0.39 is 5.82 Å². The number of carbonyl (C=O) groups excluding carboxylic acids is 1. The number of nitrogen functional groups attached to an aromatic ring is 1. The Bertz CT molecular complexity index is 625. The van der Waals surface area contributed by atoms with Gasteiger partial charge in [0.15, 0.2) is 0 Å². The maximum Gasteiger partial charge on any atom is 0.203 e. The van der Waals surface area contributed by atoms with Crippen LogP contribution in [0.25, 0.3) is 0 Å². The van der Waals surface area contributed by atoms with E-state index in [1.807, 2.05) is 6.07 Å². The van der Waals surface area contributed by atoms with E-state index in [1.54, 1.807) is 12.1 Å². The summed E-state index contributed by atoms with van der Waals surface area (Å²) in [5.41, 5.74) is 5.80. The standard InChI is InChI=1S/C15H16FNOS/c1-15(2,3)13-7-6-12(19-13)14(18)9-4-5-11(17)10(16)8-9/h4-8H,17H2,1-3H3. The van der Waals surface area contributed by atoms with Crippen molar-refractivity contribution in [3.05, 3.63) is 51.5 Å². The zero-order valence-electron chi connectivity index (χ0n) is 11.2. The zero-order valence-corrected chi connectivity index (χ0v) is 12.0. The van der Waals surface area contributed by atoms with E-state index in [-0.39, 0.29) is 16.9 Å². The number of hydrogen-bond acceptors (Lipinski definition) is 3. The van der Waals surface area contributed by atoms with Crippen LogP contribution < -0.4 is 5.73 Å². The normalized spacial score (nSPS) is 11.6. The minimum absolute atomic E-state index is 0.00949. The van der Waals surface area contributed by atoms with Crippen LogP contribution in [-0.2, 0) is 5.41 Å². The second-order valence-corrected chi connectivity index (χ2v) is 6.56. The number of thiophene rings is 1. The number of ketones is 1. The SMILES string of the molecule is CC(C)(C)c1ccc(C(=O)c2ccc(N)c(F)c2)s1. The highest BCUT2D eigenvalue weighted by Gasteiger charge is 2.19. The molecule has 0 aliphatic carbocycles. The fourth-order valence-corrected chi connectivity index (χ4v) is 2.70. The fourth-order valence-electron chi connectivity index (χ4n) is 1.67. The molecule has 0 saturated heterocycles. The molecule has 100 valence electrons. The lowest BCUT2D eigenvalue weighted by molar-refractivity contribution is 0.104. The number of hydrogen-bond donors (Lipinski definition) is 1. The van der Waals surface area contributed by atoms with Crippen LogP contribution in [0.4, 0.5) is 10.1 Å². The van der Waals surface area contributed by atoms with Crippen molar-refractivity contribution in [1.29, 1.82) is 0 Å². The second kappa shape index (κ2) is 4.78. The van der Waals surface area contributed by atoms with E-state index in [2.05, 4.69) is 20.8 Å². The minimum Gasteiger partial charge on any atom is -0.396 e. The van der Waals surface area contributed by atoms with Crippen molar-refractivity contribution in [1.82, 2.24) is 0 Å². The van der Waals surface area contributed by atoms with Gasteiger partial charge in [-0.05, 0) is 35.7 Å². The molecule has 1 aromatic carbocycles. The van der Waals surface area contributed by atoms with Crippen molar-refractivity contribution >= 4 is 22.8 Å². The van der Waals surface area contributed by atoms with Crippen molar-refractivity contribution in [2.24, 2.45) is 0 Å². The van der Waals surface area contributed by atoms with Gasteiger partial charge >= 0.3 is 0 Å². The van der Waals surface area contributed by atoms with Crippen LogP contribution in [0.15, 0.2) is 30.3 Å². The predicted octanol–water partition coefficient (Wildman–Crippen LogP) is 4.00. The lowest BCUT2D eigenvalue weighted by Crippen LogP contribution is -2.08.